The predicted molar refractivity (Wildman–Crippen MR) is 39.3 cm³/mol. The highest BCUT2D eigenvalue weighted by Gasteiger charge is 2.44. The summed E-state index contributed by atoms with van der Waals surface area (Å²) >= 11 is 0. The molecule has 0 aromatic rings. The van der Waals surface area contributed by atoms with Gasteiger partial charge < -0.3 is 0 Å². The number of rotatable bonds is 0. The summed E-state index contributed by atoms with van der Waals surface area (Å²) in [6, 6.07) is 0. The van der Waals surface area contributed by atoms with E-state index < -0.39 is 0 Å². The van der Waals surface area contributed by atoms with Crippen LogP contribution in [0.3, 0.4) is 0 Å². The van der Waals surface area contributed by atoms with Crippen molar-refractivity contribution in [3.63, 3.8) is 0 Å². The summed E-state index contributed by atoms with van der Waals surface area (Å²) in [5, 5.41) is 0. The Morgan fingerprint density at radius 1 is 1.22 bits per heavy atom. The Morgan fingerprint density at radius 3 is 2.44 bits per heavy atom. The predicted octanol–water partition coefficient (Wildman–Crippen LogP) is 2.98. The van der Waals surface area contributed by atoms with Crippen LogP contribution in [-0.2, 0) is 0 Å². The molecule has 2 rings (SSSR count). The fourth-order valence-corrected chi connectivity index (χ4v) is 2.40. The topological polar surface area (TPSA) is 0 Å². The van der Waals surface area contributed by atoms with E-state index in [2.05, 4.69) is 6.92 Å². The van der Waals surface area contributed by atoms with E-state index in [4.69, 9.17) is 0 Å². The molecule has 1 unspecified atom stereocenters. The van der Waals surface area contributed by atoms with Crippen molar-refractivity contribution in [2.75, 3.05) is 0 Å². The molecule has 2 saturated carbocycles. The van der Waals surface area contributed by atoms with Crippen molar-refractivity contribution in [1.82, 2.24) is 0 Å². The van der Waals surface area contributed by atoms with Crippen LogP contribution in [0.1, 0.15) is 45.4 Å². The van der Waals surface area contributed by atoms with Crippen LogP contribution in [0, 0.1) is 11.3 Å². The van der Waals surface area contributed by atoms with Gasteiger partial charge in [-0.2, -0.15) is 0 Å². The lowest BCUT2D eigenvalue weighted by Crippen LogP contribution is -2.13. The molecule has 1 atom stereocenters. The van der Waals surface area contributed by atoms with Gasteiger partial charge in [0.25, 0.3) is 0 Å². The zero-order chi connectivity index (χ0) is 6.32. The van der Waals surface area contributed by atoms with Crippen LogP contribution in [-0.4, -0.2) is 0 Å². The van der Waals surface area contributed by atoms with Crippen LogP contribution in [0.4, 0.5) is 0 Å². The lowest BCUT2D eigenvalue weighted by atomic mass is 9.80. The molecule has 0 heteroatoms. The Kier molecular flexibility index (Phi) is 1.12. The first-order chi connectivity index (χ1) is 4.31. The van der Waals surface area contributed by atoms with Gasteiger partial charge in [-0.05, 0) is 37.0 Å². The monoisotopic (exact) mass is 124 g/mol. The number of hydrogen-bond acceptors (Lipinski definition) is 0. The lowest BCUT2D eigenvalue weighted by molar-refractivity contribution is 0.263. The Hall–Kier alpha value is 0. The minimum Gasteiger partial charge on any atom is -0.0625 e. The van der Waals surface area contributed by atoms with Gasteiger partial charge in [0, 0.05) is 0 Å². The van der Waals surface area contributed by atoms with Crippen molar-refractivity contribution in [1.29, 1.82) is 0 Å². The molecule has 0 nitrogen and oxygen atoms in total. The van der Waals surface area contributed by atoms with Crippen LogP contribution < -0.4 is 0 Å². The van der Waals surface area contributed by atoms with Crippen molar-refractivity contribution in [2.24, 2.45) is 11.3 Å². The van der Waals surface area contributed by atoms with E-state index in [0.717, 1.165) is 11.3 Å². The van der Waals surface area contributed by atoms with E-state index >= 15 is 0 Å². The second-order valence-corrected chi connectivity index (χ2v) is 4.20. The first-order valence-corrected chi connectivity index (χ1v) is 4.31. The fourth-order valence-electron chi connectivity index (χ4n) is 2.40. The zero-order valence-electron chi connectivity index (χ0n) is 6.32. The highest BCUT2D eigenvalue weighted by atomic mass is 14.5. The van der Waals surface area contributed by atoms with Crippen molar-refractivity contribution >= 4 is 0 Å². The van der Waals surface area contributed by atoms with Crippen LogP contribution in [0.2, 0.25) is 0 Å². The molecular weight excluding hydrogens is 108 g/mol. The average molecular weight is 124 g/mol. The van der Waals surface area contributed by atoms with Gasteiger partial charge in [0.15, 0.2) is 0 Å². The first kappa shape index (κ1) is 5.76. The summed E-state index contributed by atoms with van der Waals surface area (Å²) < 4.78 is 0. The Labute approximate surface area is 57.6 Å². The third kappa shape index (κ3) is 0.997. The molecule has 0 N–H and O–H groups in total. The molecular formula is C9H16. The molecule has 2 aliphatic rings. The summed E-state index contributed by atoms with van der Waals surface area (Å²) in [5.41, 5.74) is 0.900. The summed E-state index contributed by atoms with van der Waals surface area (Å²) in [7, 11) is 0. The van der Waals surface area contributed by atoms with E-state index in [0.29, 0.717) is 0 Å². The SMILES string of the molecule is CC1CCCC2(CC2)C1. The summed E-state index contributed by atoms with van der Waals surface area (Å²) in [6.45, 7) is 2.42. The molecule has 2 fully saturated rings. The average Bonchev–Trinajstić information content (AvgIpc) is 2.49. The van der Waals surface area contributed by atoms with Gasteiger partial charge in [-0.1, -0.05) is 19.8 Å². The van der Waals surface area contributed by atoms with Crippen LogP contribution in [0.5, 0.6) is 0 Å². The van der Waals surface area contributed by atoms with Crippen molar-refractivity contribution in [2.45, 2.75) is 45.4 Å². The largest absolute Gasteiger partial charge is 0.0625 e. The van der Waals surface area contributed by atoms with Gasteiger partial charge in [-0.15, -0.1) is 0 Å². The third-order valence-corrected chi connectivity index (χ3v) is 3.14. The highest BCUT2D eigenvalue weighted by Crippen LogP contribution is 2.57. The van der Waals surface area contributed by atoms with Crippen LogP contribution >= 0.6 is 0 Å². The van der Waals surface area contributed by atoms with Gasteiger partial charge in [0.1, 0.15) is 0 Å². The molecule has 0 amide bonds. The normalized spacial score (nSPS) is 39.0. The molecule has 0 bridgehead atoms. The first-order valence-electron chi connectivity index (χ1n) is 4.31. The lowest BCUT2D eigenvalue weighted by Gasteiger charge is -2.25. The summed E-state index contributed by atoms with van der Waals surface area (Å²) in [4.78, 5) is 0. The van der Waals surface area contributed by atoms with E-state index in [9.17, 15) is 0 Å². The second-order valence-electron chi connectivity index (χ2n) is 4.20. The molecule has 0 heterocycles. The van der Waals surface area contributed by atoms with Crippen molar-refractivity contribution in [3.05, 3.63) is 0 Å². The Morgan fingerprint density at radius 2 is 2.00 bits per heavy atom. The van der Waals surface area contributed by atoms with Gasteiger partial charge in [0.05, 0.1) is 0 Å². The molecule has 0 radical (unpaired) electrons. The Balaban J connectivity index is 1.96. The molecule has 0 aliphatic heterocycles. The van der Waals surface area contributed by atoms with Crippen molar-refractivity contribution < 1.29 is 0 Å². The maximum atomic E-state index is 2.42. The maximum Gasteiger partial charge on any atom is -0.0295 e. The van der Waals surface area contributed by atoms with Gasteiger partial charge in [-0.25, -0.2) is 0 Å². The number of hydrogen-bond donors (Lipinski definition) is 0. The minimum atomic E-state index is 0.900. The molecule has 0 aromatic heterocycles. The summed E-state index contributed by atoms with van der Waals surface area (Å²) in [5.74, 6) is 1.04. The quantitative estimate of drug-likeness (QED) is 0.465. The fraction of sp³-hybridized carbons (Fsp3) is 1.00. The van der Waals surface area contributed by atoms with Gasteiger partial charge >= 0.3 is 0 Å². The van der Waals surface area contributed by atoms with Crippen LogP contribution in [0.25, 0.3) is 0 Å². The third-order valence-electron chi connectivity index (χ3n) is 3.14. The van der Waals surface area contributed by atoms with Gasteiger partial charge in [0.2, 0.25) is 0 Å². The molecule has 0 saturated heterocycles. The van der Waals surface area contributed by atoms with E-state index in [1.165, 1.54) is 12.8 Å². The molecule has 1 spiro atoms. The van der Waals surface area contributed by atoms with E-state index in [1.807, 2.05) is 0 Å². The second kappa shape index (κ2) is 1.74. The molecule has 52 valence electrons. The summed E-state index contributed by atoms with van der Waals surface area (Å²) in [6.07, 6.45) is 9.22. The van der Waals surface area contributed by atoms with Gasteiger partial charge in [-0.3, -0.25) is 0 Å². The molecule has 0 aromatic carbocycles. The van der Waals surface area contributed by atoms with E-state index in [-0.39, 0.29) is 0 Å². The van der Waals surface area contributed by atoms with E-state index in [1.54, 1.807) is 25.7 Å². The minimum absolute atomic E-state index is 0.900. The highest BCUT2D eigenvalue weighted by molar-refractivity contribution is 4.96. The zero-order valence-corrected chi connectivity index (χ0v) is 6.32. The standard InChI is InChI=1S/C9H16/c1-8-3-2-4-9(7-8)5-6-9/h8H,2-7H2,1H3. The van der Waals surface area contributed by atoms with Crippen LogP contribution in [0.15, 0.2) is 0 Å². The molecule has 2 aliphatic carbocycles. The Bertz CT molecular complexity index is 111. The smallest absolute Gasteiger partial charge is 0.0295 e. The maximum absolute atomic E-state index is 2.42. The van der Waals surface area contributed by atoms with Crippen molar-refractivity contribution in [3.8, 4) is 0 Å². The molecule has 9 heavy (non-hydrogen) atoms.